The number of phenols is 1. The quantitative estimate of drug-likeness (QED) is 0.0345. The summed E-state index contributed by atoms with van der Waals surface area (Å²) < 4.78 is 12.5. The summed E-state index contributed by atoms with van der Waals surface area (Å²) in [5, 5.41) is 35.3. The zero-order valence-electron chi connectivity index (χ0n) is 48.0. The molecule has 18 nitrogen and oxygen atoms in total. The number of rotatable bonds is 25. The van der Waals surface area contributed by atoms with E-state index in [1.807, 2.05) is 87.5 Å². The predicted molar refractivity (Wildman–Crippen MR) is 317 cm³/mol. The number of para-hydroxylation sites is 1. The van der Waals surface area contributed by atoms with Crippen molar-refractivity contribution in [3.8, 4) is 38.9 Å². The van der Waals surface area contributed by atoms with Crippen LogP contribution in [0.25, 0.3) is 21.7 Å². The third-order valence-corrected chi connectivity index (χ3v) is 16.8. The number of aromatic nitrogens is 3. The molecule has 8 rings (SSSR count). The van der Waals surface area contributed by atoms with Gasteiger partial charge in [0.15, 0.2) is 11.6 Å². The van der Waals surface area contributed by atoms with Crippen molar-refractivity contribution < 1.29 is 38.9 Å². The van der Waals surface area contributed by atoms with Crippen molar-refractivity contribution in [1.29, 1.82) is 0 Å². The van der Waals surface area contributed by atoms with Gasteiger partial charge in [-0.05, 0) is 92.5 Å². The number of aliphatic hydroxyl groups is 1. The molecule has 0 spiro atoms. The number of hydrogen-bond acceptors (Lipinski definition) is 15. The Hall–Kier alpha value is -6.83. The van der Waals surface area contributed by atoms with Gasteiger partial charge in [-0.25, -0.2) is 4.98 Å². The van der Waals surface area contributed by atoms with Crippen molar-refractivity contribution in [2.75, 3.05) is 69.6 Å². The fourth-order valence-electron chi connectivity index (χ4n) is 11.0. The molecule has 3 aliphatic rings. The normalized spacial score (nSPS) is 18.5. The van der Waals surface area contributed by atoms with Crippen LogP contribution in [-0.4, -0.2) is 147 Å². The van der Waals surface area contributed by atoms with Gasteiger partial charge >= 0.3 is 0 Å². The van der Waals surface area contributed by atoms with Crippen LogP contribution >= 0.6 is 11.3 Å². The van der Waals surface area contributed by atoms with Crippen LogP contribution in [0.4, 0.5) is 11.5 Å². The number of ether oxygens (including phenoxy) is 2. The maximum absolute atomic E-state index is 14.1. The van der Waals surface area contributed by atoms with Crippen LogP contribution in [0.3, 0.4) is 0 Å². The number of aryl methyl sites for hydroxylation is 1. The highest BCUT2D eigenvalue weighted by molar-refractivity contribution is 7.13. The summed E-state index contributed by atoms with van der Waals surface area (Å²) >= 11 is 1.58. The van der Waals surface area contributed by atoms with Gasteiger partial charge in [0.1, 0.15) is 42.0 Å². The predicted octanol–water partition coefficient (Wildman–Crippen LogP) is 8.71. The van der Waals surface area contributed by atoms with Gasteiger partial charge in [-0.3, -0.25) is 24.1 Å². The minimum absolute atomic E-state index is 0.0267. The molecule has 81 heavy (non-hydrogen) atoms. The second-order valence-electron chi connectivity index (χ2n) is 23.1. The first-order valence-electron chi connectivity index (χ1n) is 29.2. The number of likely N-dealkylation sites (tertiary alicyclic amines) is 1. The van der Waals surface area contributed by atoms with Crippen LogP contribution in [0.2, 0.25) is 0 Å². The number of nitrogens with zero attached hydrogens (tertiary/aromatic N) is 7. The van der Waals surface area contributed by atoms with Crippen LogP contribution in [-0.2, 0) is 19.2 Å². The molecule has 0 saturated carbocycles. The lowest BCUT2D eigenvalue weighted by atomic mass is 9.85. The van der Waals surface area contributed by atoms with Crippen molar-refractivity contribution in [2.24, 2.45) is 5.41 Å². The Morgan fingerprint density at radius 2 is 1.53 bits per heavy atom. The molecular formula is C62H84N10O8S. The highest BCUT2D eigenvalue weighted by atomic mass is 32.1. The first kappa shape index (κ1) is 60.3. The Balaban J connectivity index is 0.649. The number of carbonyl (C=O) groups excluding carboxylic acids is 4. The van der Waals surface area contributed by atoms with Crippen LogP contribution in [0, 0.1) is 12.3 Å². The molecule has 4 amide bonds. The van der Waals surface area contributed by atoms with Gasteiger partial charge in [0.25, 0.3) is 0 Å². The second-order valence-corrected chi connectivity index (χ2v) is 24.0. The number of thiazole rings is 1. The molecule has 5 heterocycles. The molecule has 0 bridgehead atoms. The average molecular weight is 1130 g/mol. The number of hydrogen-bond donors (Lipinski definition) is 5. The van der Waals surface area contributed by atoms with Crippen LogP contribution in [0.15, 0.2) is 84.4 Å². The van der Waals surface area contributed by atoms with Gasteiger partial charge in [0, 0.05) is 82.4 Å². The van der Waals surface area contributed by atoms with E-state index < -0.39 is 23.6 Å². The SMILES string of the molecule is Cc1ncsc1-c1ccc(C(C)NC(=O)C2CC(O)CN2C(=O)C(NC(=O)CCCCCCCCCCC(=O)N2CCN(CCOc3ccc(N4CCCC(Oc5cc(-c6ccccc6O)nnc5N)C4)cc3)CC2)C(C)(C)C)cc1. The number of β-amino-alcohol motifs (C(OH)–C–C–N with tert-alkyl or cyclic N) is 1. The summed E-state index contributed by atoms with van der Waals surface area (Å²) in [5.74, 6) is 0.945. The number of benzene rings is 3. The number of piperazine rings is 1. The summed E-state index contributed by atoms with van der Waals surface area (Å²) in [7, 11) is 0. The van der Waals surface area contributed by atoms with Gasteiger partial charge in [-0.15, -0.1) is 21.5 Å². The molecule has 0 aliphatic carbocycles. The number of anilines is 2. The molecular weight excluding hydrogens is 1040 g/mol. The number of piperidine rings is 1. The molecule has 0 radical (unpaired) electrons. The molecule has 5 unspecified atom stereocenters. The molecule has 5 aromatic rings. The Kier molecular flexibility index (Phi) is 21.4. The van der Waals surface area contributed by atoms with Crippen LogP contribution in [0.1, 0.15) is 128 Å². The van der Waals surface area contributed by atoms with E-state index >= 15 is 0 Å². The van der Waals surface area contributed by atoms with Crippen molar-refractivity contribution in [3.05, 3.63) is 95.6 Å². The average Bonchev–Trinajstić information content (AvgIpc) is 4.19. The smallest absolute Gasteiger partial charge is 0.246 e. The van der Waals surface area contributed by atoms with Crippen molar-refractivity contribution in [3.63, 3.8) is 0 Å². The Bertz CT molecular complexity index is 2850. The zero-order valence-corrected chi connectivity index (χ0v) is 48.8. The monoisotopic (exact) mass is 1130 g/mol. The lowest BCUT2D eigenvalue weighted by Crippen LogP contribution is -2.57. The van der Waals surface area contributed by atoms with Gasteiger partial charge in [0.05, 0.1) is 34.8 Å². The number of aliphatic hydroxyl groups excluding tert-OH is 1. The minimum Gasteiger partial charge on any atom is -0.507 e. The summed E-state index contributed by atoms with van der Waals surface area (Å²) in [4.78, 5) is 67.7. The Morgan fingerprint density at radius 3 is 2.21 bits per heavy atom. The van der Waals surface area contributed by atoms with Crippen LogP contribution < -0.4 is 30.7 Å². The zero-order chi connectivity index (χ0) is 57.5. The summed E-state index contributed by atoms with van der Waals surface area (Å²) in [5.41, 5.74) is 12.5. The van der Waals surface area contributed by atoms with Crippen molar-refractivity contribution in [2.45, 2.75) is 148 Å². The van der Waals surface area contributed by atoms with E-state index in [4.69, 9.17) is 15.2 Å². The second kappa shape index (κ2) is 28.7. The van der Waals surface area contributed by atoms with Gasteiger partial charge in [0.2, 0.25) is 23.6 Å². The molecule has 436 valence electrons. The molecule has 19 heteroatoms. The molecule has 3 saturated heterocycles. The maximum Gasteiger partial charge on any atom is 0.246 e. The summed E-state index contributed by atoms with van der Waals surface area (Å²) in [6.07, 6.45) is 9.67. The fraction of sp³-hybridized carbons (Fsp3) is 0.532. The number of amides is 4. The van der Waals surface area contributed by atoms with Crippen molar-refractivity contribution >= 4 is 46.5 Å². The number of carbonyl (C=O) groups is 4. The van der Waals surface area contributed by atoms with E-state index in [2.05, 4.69) is 47.7 Å². The number of unbranched alkanes of at least 4 members (excludes halogenated alkanes) is 7. The van der Waals surface area contributed by atoms with Gasteiger partial charge in [-0.1, -0.05) is 95.7 Å². The molecule has 3 aromatic carbocycles. The number of nitrogens with one attached hydrogen (secondary N) is 2. The lowest BCUT2D eigenvalue weighted by Gasteiger charge is -2.35. The number of nitrogens with two attached hydrogens (primary N) is 1. The van der Waals surface area contributed by atoms with Gasteiger partial charge < -0.3 is 50.8 Å². The maximum atomic E-state index is 14.1. The number of aromatic hydroxyl groups is 1. The largest absolute Gasteiger partial charge is 0.507 e. The summed E-state index contributed by atoms with van der Waals surface area (Å²) in [6, 6.07) is 22.9. The Labute approximate surface area is 481 Å². The highest BCUT2D eigenvalue weighted by Gasteiger charge is 2.45. The van der Waals surface area contributed by atoms with E-state index in [-0.39, 0.29) is 60.3 Å². The molecule has 6 N–H and O–H groups in total. The fourth-order valence-corrected chi connectivity index (χ4v) is 11.9. The lowest BCUT2D eigenvalue weighted by molar-refractivity contribution is -0.144. The number of nitrogen functional groups attached to an aromatic ring is 1. The van der Waals surface area contributed by atoms with Crippen LogP contribution in [0.5, 0.6) is 17.2 Å². The minimum atomic E-state index is -0.858. The van der Waals surface area contributed by atoms with E-state index in [1.54, 1.807) is 35.6 Å². The van der Waals surface area contributed by atoms with E-state index in [0.29, 0.717) is 49.4 Å². The van der Waals surface area contributed by atoms with Crippen molar-refractivity contribution in [1.82, 2.24) is 40.5 Å². The standard InChI is InChI=1S/C62H84N10O8S/c1-42(44-22-24-45(25-23-44)57-43(2)64-41-81-57)65-60(77)52-37-47(73)39-72(52)61(78)58(62(3,4)5)66-55(75)20-12-10-8-6-7-9-11-13-21-56(76)70-33-31-69(32-34-70)35-36-79-48-28-26-46(27-29-48)71-30-16-17-49(40-71)80-54-38-51(67-68-59(54)63)50-18-14-15-19-53(50)74/h14-15,18-19,22-29,38,41-42,47,49,52,58,73-74H,6-13,16-17,20-21,30-37,39-40H2,1-5H3,(H2,63,68)(H,65,77)(H,66,75). The van der Waals surface area contributed by atoms with Gasteiger partial charge in [-0.2, -0.15) is 0 Å². The molecule has 3 aliphatic heterocycles. The third-order valence-electron chi connectivity index (χ3n) is 15.8. The first-order valence-corrected chi connectivity index (χ1v) is 30.0. The topological polar surface area (TPSA) is 229 Å². The molecule has 2 aromatic heterocycles. The summed E-state index contributed by atoms with van der Waals surface area (Å²) in [6.45, 7) is 15.7. The molecule has 3 fully saturated rings. The number of phenolic OH excluding ortho intramolecular Hbond substituents is 1. The van der Waals surface area contributed by atoms with E-state index in [1.165, 1.54) is 4.90 Å². The molecule has 5 atom stereocenters. The Morgan fingerprint density at radius 1 is 0.840 bits per heavy atom. The van der Waals surface area contributed by atoms with E-state index in [0.717, 1.165) is 130 Å². The first-order chi connectivity index (χ1) is 39.0. The van der Waals surface area contributed by atoms with E-state index in [9.17, 15) is 29.4 Å². The third kappa shape index (κ3) is 16.9. The highest BCUT2D eigenvalue weighted by Crippen LogP contribution is 2.34.